The van der Waals surface area contributed by atoms with E-state index in [9.17, 15) is 9.90 Å². The van der Waals surface area contributed by atoms with Gasteiger partial charge in [-0.3, -0.25) is 4.79 Å². The number of para-hydroxylation sites is 1. The van der Waals surface area contributed by atoms with Gasteiger partial charge in [0.05, 0.1) is 12.1 Å². The van der Waals surface area contributed by atoms with Crippen LogP contribution in [0.25, 0.3) is 0 Å². The highest BCUT2D eigenvalue weighted by molar-refractivity contribution is 5.92. The van der Waals surface area contributed by atoms with Gasteiger partial charge in [0.1, 0.15) is 5.75 Å². The Morgan fingerprint density at radius 1 is 1.32 bits per heavy atom. The van der Waals surface area contributed by atoms with E-state index < -0.39 is 5.54 Å². The van der Waals surface area contributed by atoms with Crippen LogP contribution in [-0.2, 0) is 0 Å². The van der Waals surface area contributed by atoms with E-state index in [0.717, 1.165) is 12.8 Å². The van der Waals surface area contributed by atoms with E-state index in [1.54, 1.807) is 24.3 Å². The molecule has 1 aromatic heterocycles. The van der Waals surface area contributed by atoms with E-state index in [0.29, 0.717) is 11.7 Å². The summed E-state index contributed by atoms with van der Waals surface area (Å²) in [5.41, 5.74) is -0.593. The van der Waals surface area contributed by atoms with E-state index in [-0.39, 0.29) is 24.2 Å². The molecule has 1 amide bonds. The molecule has 2 N–H and O–H groups in total. The van der Waals surface area contributed by atoms with Crippen LogP contribution in [0.15, 0.2) is 46.9 Å². The van der Waals surface area contributed by atoms with Crippen LogP contribution in [0.3, 0.4) is 0 Å². The van der Waals surface area contributed by atoms with Crippen molar-refractivity contribution in [3.05, 3.63) is 48.2 Å². The van der Waals surface area contributed by atoms with Crippen molar-refractivity contribution < 1.29 is 19.1 Å². The largest absolute Gasteiger partial charge is 0.426 e. The molecule has 1 saturated carbocycles. The first-order valence-corrected chi connectivity index (χ1v) is 7.37. The number of benzene rings is 1. The summed E-state index contributed by atoms with van der Waals surface area (Å²) in [7, 11) is 0. The van der Waals surface area contributed by atoms with Crippen LogP contribution in [-0.4, -0.2) is 23.2 Å². The van der Waals surface area contributed by atoms with Gasteiger partial charge in [-0.15, -0.1) is 0 Å². The molecule has 1 heterocycles. The molecule has 0 radical (unpaired) electrons. The Morgan fingerprint density at radius 3 is 2.68 bits per heavy atom. The summed E-state index contributed by atoms with van der Waals surface area (Å²) in [6.07, 6.45) is 2.05. The molecule has 5 nitrogen and oxygen atoms in total. The first-order chi connectivity index (χ1) is 10.6. The fourth-order valence-corrected chi connectivity index (χ4v) is 2.41. The molecule has 1 unspecified atom stereocenters. The monoisotopic (exact) mass is 301 g/mol. The average Bonchev–Trinajstić information content (AvgIpc) is 3.29. The first kappa shape index (κ1) is 14.7. The van der Waals surface area contributed by atoms with Gasteiger partial charge in [0, 0.05) is 6.07 Å². The van der Waals surface area contributed by atoms with E-state index in [1.165, 1.54) is 0 Å². The lowest BCUT2D eigenvalue weighted by molar-refractivity contribution is 0.0792. The highest BCUT2D eigenvalue weighted by atomic mass is 16.6. The molecular formula is C17H19NO4. The van der Waals surface area contributed by atoms with Crippen molar-refractivity contribution in [2.24, 2.45) is 5.92 Å². The molecule has 1 aliphatic rings. The number of hydrogen-bond donors (Lipinski definition) is 2. The quantitative estimate of drug-likeness (QED) is 0.860. The second-order valence-corrected chi connectivity index (χ2v) is 5.84. The van der Waals surface area contributed by atoms with Crippen LogP contribution in [0.2, 0.25) is 0 Å². The van der Waals surface area contributed by atoms with Crippen molar-refractivity contribution in [1.82, 2.24) is 5.32 Å². The van der Waals surface area contributed by atoms with Gasteiger partial charge in [-0.25, -0.2) is 0 Å². The van der Waals surface area contributed by atoms with E-state index in [2.05, 4.69) is 5.32 Å². The average molecular weight is 301 g/mol. The Bertz CT molecular complexity index is 648. The van der Waals surface area contributed by atoms with Gasteiger partial charge in [-0.05, 0) is 43.9 Å². The number of aliphatic hydroxyl groups is 1. The Hall–Kier alpha value is -2.27. The normalized spacial score (nSPS) is 16.8. The third-order valence-electron chi connectivity index (χ3n) is 3.97. The number of carbonyl (C=O) groups is 1. The molecule has 2 aromatic rings. The predicted octanol–water partition coefficient (Wildman–Crippen LogP) is 2.96. The van der Waals surface area contributed by atoms with Crippen LogP contribution in [0.1, 0.15) is 30.3 Å². The highest BCUT2D eigenvalue weighted by Crippen LogP contribution is 2.39. The summed E-state index contributed by atoms with van der Waals surface area (Å²) >= 11 is 0. The molecule has 0 spiro atoms. The van der Waals surface area contributed by atoms with Gasteiger partial charge >= 0.3 is 0 Å². The molecule has 1 aliphatic carbocycles. The molecule has 5 heteroatoms. The Morgan fingerprint density at radius 2 is 2.05 bits per heavy atom. The third-order valence-corrected chi connectivity index (χ3v) is 3.97. The summed E-state index contributed by atoms with van der Waals surface area (Å²) in [4.78, 5) is 12.2. The van der Waals surface area contributed by atoms with Crippen molar-refractivity contribution in [2.75, 3.05) is 6.61 Å². The van der Waals surface area contributed by atoms with Crippen molar-refractivity contribution in [1.29, 1.82) is 0 Å². The summed E-state index contributed by atoms with van der Waals surface area (Å²) in [6, 6.07) is 12.4. The fraction of sp³-hybridized carbons (Fsp3) is 0.353. The SMILES string of the molecule is CC(CO)(NC(=O)c1ccc(Oc2ccccc2)o1)C1CC1. The van der Waals surface area contributed by atoms with Gasteiger partial charge in [0.25, 0.3) is 11.9 Å². The Balaban J connectivity index is 1.66. The van der Waals surface area contributed by atoms with Crippen LogP contribution < -0.4 is 10.1 Å². The lowest BCUT2D eigenvalue weighted by atomic mass is 9.97. The summed E-state index contributed by atoms with van der Waals surface area (Å²) in [5, 5.41) is 12.4. The second-order valence-electron chi connectivity index (χ2n) is 5.84. The maximum atomic E-state index is 12.2. The molecule has 0 bridgehead atoms. The van der Waals surface area contributed by atoms with Crippen LogP contribution in [0.4, 0.5) is 0 Å². The number of rotatable bonds is 6. The number of carbonyl (C=O) groups excluding carboxylic acids is 1. The zero-order valence-corrected chi connectivity index (χ0v) is 12.4. The summed E-state index contributed by atoms with van der Waals surface area (Å²) in [5.74, 6) is 1.06. The number of furan rings is 1. The van der Waals surface area contributed by atoms with Crippen molar-refractivity contribution >= 4 is 5.91 Å². The van der Waals surface area contributed by atoms with Crippen LogP contribution in [0.5, 0.6) is 11.7 Å². The van der Waals surface area contributed by atoms with Crippen LogP contribution >= 0.6 is 0 Å². The maximum Gasteiger partial charge on any atom is 0.290 e. The standard InChI is InChI=1S/C17H19NO4/c1-17(11-19,12-7-8-12)18-16(20)14-9-10-15(22-14)21-13-5-3-2-4-6-13/h2-6,9-10,12,19H,7-8,11H2,1H3,(H,18,20). The van der Waals surface area contributed by atoms with Crippen molar-refractivity contribution in [3.8, 4) is 11.7 Å². The predicted molar refractivity (Wildman–Crippen MR) is 80.9 cm³/mol. The number of aliphatic hydroxyl groups excluding tert-OH is 1. The van der Waals surface area contributed by atoms with Gasteiger partial charge in [-0.1, -0.05) is 18.2 Å². The molecule has 1 aromatic carbocycles. The highest BCUT2D eigenvalue weighted by Gasteiger charge is 2.42. The van der Waals surface area contributed by atoms with Gasteiger partial charge in [-0.2, -0.15) is 0 Å². The maximum absolute atomic E-state index is 12.2. The lowest BCUT2D eigenvalue weighted by Crippen LogP contribution is -2.50. The Labute approximate surface area is 128 Å². The number of amides is 1. The molecule has 116 valence electrons. The van der Waals surface area contributed by atoms with Gasteiger partial charge in [0.2, 0.25) is 0 Å². The molecular weight excluding hydrogens is 282 g/mol. The van der Waals surface area contributed by atoms with Crippen LogP contribution in [0, 0.1) is 5.92 Å². The molecule has 1 fully saturated rings. The van der Waals surface area contributed by atoms with Gasteiger partial charge in [0.15, 0.2) is 5.76 Å². The topological polar surface area (TPSA) is 71.7 Å². The minimum Gasteiger partial charge on any atom is -0.426 e. The molecule has 22 heavy (non-hydrogen) atoms. The smallest absolute Gasteiger partial charge is 0.290 e. The zero-order chi connectivity index (χ0) is 15.6. The Kier molecular flexibility index (Phi) is 3.90. The minimum absolute atomic E-state index is 0.0858. The van der Waals surface area contributed by atoms with E-state index in [1.807, 2.05) is 25.1 Å². The molecule has 1 atom stereocenters. The van der Waals surface area contributed by atoms with Crippen molar-refractivity contribution in [2.45, 2.75) is 25.3 Å². The third kappa shape index (κ3) is 3.14. The molecule has 3 rings (SSSR count). The minimum atomic E-state index is -0.593. The van der Waals surface area contributed by atoms with E-state index in [4.69, 9.17) is 9.15 Å². The zero-order valence-electron chi connectivity index (χ0n) is 12.4. The number of nitrogens with one attached hydrogen (secondary N) is 1. The fourth-order valence-electron chi connectivity index (χ4n) is 2.41. The number of hydrogen-bond acceptors (Lipinski definition) is 4. The molecule has 0 aliphatic heterocycles. The van der Waals surface area contributed by atoms with Gasteiger partial charge < -0.3 is 19.6 Å². The first-order valence-electron chi connectivity index (χ1n) is 7.37. The summed E-state index contributed by atoms with van der Waals surface area (Å²) < 4.78 is 11.0. The second kappa shape index (κ2) is 5.85. The van der Waals surface area contributed by atoms with E-state index >= 15 is 0 Å². The van der Waals surface area contributed by atoms with Crippen molar-refractivity contribution in [3.63, 3.8) is 0 Å². The summed E-state index contributed by atoms with van der Waals surface area (Å²) in [6.45, 7) is 1.77. The molecule has 0 saturated heterocycles. The lowest BCUT2D eigenvalue weighted by Gasteiger charge is -2.28. The number of ether oxygens (including phenoxy) is 1.